The number of sulfonamides is 1. The van der Waals surface area contributed by atoms with Crippen LogP contribution in [0.1, 0.15) is 29.8 Å². The van der Waals surface area contributed by atoms with E-state index in [0.29, 0.717) is 24.3 Å². The van der Waals surface area contributed by atoms with Gasteiger partial charge in [0.1, 0.15) is 0 Å². The van der Waals surface area contributed by atoms with Crippen molar-refractivity contribution in [3.63, 3.8) is 0 Å². The minimum atomic E-state index is -3.56. The summed E-state index contributed by atoms with van der Waals surface area (Å²) in [7, 11) is -3.56. The third kappa shape index (κ3) is 4.79. The Hall–Kier alpha value is -2.22. The molecule has 1 aliphatic rings. The molecule has 1 aliphatic heterocycles. The smallest absolute Gasteiger partial charge is 0.243 e. The van der Waals surface area contributed by atoms with Gasteiger partial charge in [0.15, 0.2) is 5.78 Å². The number of hydrogen-bond donors (Lipinski definition) is 1. The van der Waals surface area contributed by atoms with Crippen molar-refractivity contribution in [2.45, 2.75) is 37.9 Å². The molecule has 0 radical (unpaired) electrons. The fourth-order valence-corrected chi connectivity index (χ4v) is 4.84. The summed E-state index contributed by atoms with van der Waals surface area (Å²) in [5, 5.41) is 3.05. The number of ether oxygens (including phenoxy) is 1. The van der Waals surface area contributed by atoms with Crippen LogP contribution in [-0.2, 0) is 14.8 Å². The quantitative estimate of drug-likeness (QED) is 0.752. The third-order valence-corrected chi connectivity index (χ3v) is 6.55. The number of carbonyl (C=O) groups is 1. The van der Waals surface area contributed by atoms with Gasteiger partial charge in [-0.25, -0.2) is 8.42 Å². The van der Waals surface area contributed by atoms with Gasteiger partial charge in [0.25, 0.3) is 0 Å². The first-order valence-electron chi connectivity index (χ1n) is 9.35. The molecule has 6 nitrogen and oxygen atoms in total. The van der Waals surface area contributed by atoms with E-state index in [0.717, 1.165) is 5.56 Å². The first-order chi connectivity index (χ1) is 13.3. The van der Waals surface area contributed by atoms with Crippen LogP contribution in [0.15, 0.2) is 53.4 Å². The summed E-state index contributed by atoms with van der Waals surface area (Å²) < 4.78 is 32.8. The number of ketones is 1. The highest BCUT2D eigenvalue weighted by Gasteiger charge is 2.32. The number of hydrogen-bond acceptors (Lipinski definition) is 5. The number of nitrogens with one attached hydrogen (secondary N) is 1. The zero-order valence-electron chi connectivity index (χ0n) is 16.4. The van der Waals surface area contributed by atoms with Gasteiger partial charge in [0.05, 0.1) is 23.6 Å². The van der Waals surface area contributed by atoms with E-state index in [1.807, 2.05) is 32.9 Å². The molecule has 1 N–H and O–H groups in total. The normalized spacial score (nSPS) is 20.7. The van der Waals surface area contributed by atoms with Crippen LogP contribution in [0.4, 0.5) is 5.69 Å². The highest BCUT2D eigenvalue weighted by atomic mass is 32.2. The van der Waals surface area contributed by atoms with Crippen molar-refractivity contribution in [1.29, 1.82) is 0 Å². The molecular weight excluding hydrogens is 376 g/mol. The molecule has 1 saturated heterocycles. The summed E-state index contributed by atoms with van der Waals surface area (Å²) in [5.41, 5.74) is 2.45. The van der Waals surface area contributed by atoms with Crippen LogP contribution in [0.5, 0.6) is 0 Å². The predicted molar refractivity (Wildman–Crippen MR) is 109 cm³/mol. The van der Waals surface area contributed by atoms with Gasteiger partial charge in [0, 0.05) is 24.3 Å². The van der Waals surface area contributed by atoms with Gasteiger partial charge in [0.2, 0.25) is 10.0 Å². The average Bonchev–Trinajstić information content (AvgIpc) is 2.66. The van der Waals surface area contributed by atoms with Gasteiger partial charge in [-0.3, -0.25) is 4.79 Å². The molecule has 0 spiro atoms. The fourth-order valence-electron chi connectivity index (χ4n) is 3.24. The minimum absolute atomic E-state index is 0.0204. The second kappa shape index (κ2) is 8.43. The van der Waals surface area contributed by atoms with Crippen molar-refractivity contribution in [2.75, 3.05) is 25.0 Å². The Morgan fingerprint density at radius 2 is 1.61 bits per heavy atom. The molecule has 0 aromatic heterocycles. The Balaban J connectivity index is 1.64. The summed E-state index contributed by atoms with van der Waals surface area (Å²) in [4.78, 5) is 12.5. The molecule has 1 heterocycles. The van der Waals surface area contributed by atoms with Gasteiger partial charge >= 0.3 is 0 Å². The lowest BCUT2D eigenvalue weighted by Gasteiger charge is -2.34. The summed E-state index contributed by atoms with van der Waals surface area (Å²) in [6.07, 6.45) is -0.264. The largest absolute Gasteiger partial charge is 0.378 e. The lowest BCUT2D eigenvalue weighted by Crippen LogP contribution is -2.48. The summed E-state index contributed by atoms with van der Waals surface area (Å²) >= 11 is 0. The second-order valence-corrected chi connectivity index (χ2v) is 9.18. The van der Waals surface area contributed by atoms with E-state index >= 15 is 0 Å². The van der Waals surface area contributed by atoms with Crippen molar-refractivity contribution in [3.8, 4) is 0 Å². The topological polar surface area (TPSA) is 75.7 Å². The molecule has 2 aromatic carbocycles. The van der Waals surface area contributed by atoms with Crippen LogP contribution in [-0.4, -0.2) is 50.3 Å². The Labute approximate surface area is 166 Å². The lowest BCUT2D eigenvalue weighted by atomic mass is 10.1. The van der Waals surface area contributed by atoms with Gasteiger partial charge in [-0.05, 0) is 45.0 Å². The SMILES string of the molecule is Cc1ccc(C(=O)CNc2ccc(S(=O)(=O)N3CC(C)OC(C)C3)cc2)cc1. The number of carbonyl (C=O) groups excluding carboxylic acids is 1. The van der Waals surface area contributed by atoms with Crippen molar-refractivity contribution >= 4 is 21.5 Å². The van der Waals surface area contributed by atoms with Crippen LogP contribution in [0, 0.1) is 6.92 Å². The summed E-state index contributed by atoms with van der Waals surface area (Å²) in [5.74, 6) is -0.0204. The Bertz CT molecular complexity index is 914. The van der Waals surface area contributed by atoms with Crippen molar-refractivity contribution < 1.29 is 17.9 Å². The van der Waals surface area contributed by atoms with Crippen molar-refractivity contribution in [1.82, 2.24) is 4.31 Å². The van der Waals surface area contributed by atoms with Gasteiger partial charge < -0.3 is 10.1 Å². The highest BCUT2D eigenvalue weighted by Crippen LogP contribution is 2.22. The highest BCUT2D eigenvalue weighted by molar-refractivity contribution is 7.89. The first-order valence-corrected chi connectivity index (χ1v) is 10.8. The number of aryl methyl sites for hydroxylation is 1. The lowest BCUT2D eigenvalue weighted by molar-refractivity contribution is -0.0440. The van der Waals surface area contributed by atoms with Gasteiger partial charge in [-0.1, -0.05) is 29.8 Å². The number of nitrogens with zero attached hydrogens (tertiary/aromatic N) is 1. The number of Topliss-reactive ketones (excluding diaryl/α,β-unsaturated/α-hetero) is 1. The monoisotopic (exact) mass is 402 g/mol. The molecular formula is C21H26N2O4S. The molecule has 2 unspecified atom stereocenters. The second-order valence-electron chi connectivity index (χ2n) is 7.25. The fraction of sp³-hybridized carbons (Fsp3) is 0.381. The maximum atomic E-state index is 12.9. The van der Waals surface area contributed by atoms with Crippen LogP contribution < -0.4 is 5.32 Å². The molecule has 150 valence electrons. The predicted octanol–water partition coefficient (Wildman–Crippen LogP) is 3.09. The van der Waals surface area contributed by atoms with Crippen molar-refractivity contribution in [3.05, 3.63) is 59.7 Å². The van der Waals surface area contributed by atoms with Gasteiger partial charge in [-0.15, -0.1) is 0 Å². The van der Waals surface area contributed by atoms with Crippen molar-refractivity contribution in [2.24, 2.45) is 0 Å². The van der Waals surface area contributed by atoms with Crippen LogP contribution in [0.25, 0.3) is 0 Å². The maximum absolute atomic E-state index is 12.9. The molecule has 0 saturated carbocycles. The zero-order valence-corrected chi connectivity index (χ0v) is 17.2. The average molecular weight is 403 g/mol. The molecule has 0 amide bonds. The van der Waals surface area contributed by atoms with E-state index in [4.69, 9.17) is 4.74 Å². The molecule has 7 heteroatoms. The number of benzene rings is 2. The standard InChI is InChI=1S/C21H26N2O4S/c1-15-4-6-18(7-5-15)21(24)12-22-19-8-10-20(11-9-19)28(25,26)23-13-16(2)27-17(3)14-23/h4-11,16-17,22H,12-14H2,1-3H3. The number of morpholine rings is 1. The third-order valence-electron chi connectivity index (χ3n) is 4.70. The maximum Gasteiger partial charge on any atom is 0.243 e. The minimum Gasteiger partial charge on any atom is -0.378 e. The Morgan fingerprint density at radius 1 is 1.04 bits per heavy atom. The van der Waals surface area contributed by atoms with Gasteiger partial charge in [-0.2, -0.15) is 4.31 Å². The first kappa shape index (κ1) is 20.5. The molecule has 2 aromatic rings. The van der Waals surface area contributed by atoms with Crippen LogP contribution >= 0.6 is 0 Å². The molecule has 2 atom stereocenters. The molecule has 1 fully saturated rings. The number of anilines is 1. The van der Waals surface area contributed by atoms with E-state index in [1.54, 1.807) is 36.4 Å². The summed E-state index contributed by atoms with van der Waals surface area (Å²) in [6, 6.07) is 13.9. The van der Waals surface area contributed by atoms with E-state index in [2.05, 4.69) is 5.32 Å². The number of rotatable bonds is 6. The molecule has 0 bridgehead atoms. The Kier molecular flexibility index (Phi) is 6.17. The van der Waals surface area contributed by atoms with E-state index in [1.165, 1.54) is 4.31 Å². The summed E-state index contributed by atoms with van der Waals surface area (Å²) in [6.45, 7) is 6.55. The van der Waals surface area contributed by atoms with Crippen LogP contribution in [0.3, 0.4) is 0 Å². The van der Waals surface area contributed by atoms with Crippen LogP contribution in [0.2, 0.25) is 0 Å². The van der Waals surface area contributed by atoms with E-state index in [9.17, 15) is 13.2 Å². The molecule has 3 rings (SSSR count). The van der Waals surface area contributed by atoms with E-state index < -0.39 is 10.0 Å². The Morgan fingerprint density at radius 3 is 2.18 bits per heavy atom. The molecule has 0 aliphatic carbocycles. The zero-order chi connectivity index (χ0) is 20.3. The van der Waals surface area contributed by atoms with E-state index in [-0.39, 0.29) is 29.4 Å². The molecule has 28 heavy (non-hydrogen) atoms.